The number of pyridine rings is 1. The number of para-hydroxylation sites is 1. The predicted octanol–water partition coefficient (Wildman–Crippen LogP) is 1.83. The lowest BCUT2D eigenvalue weighted by Crippen LogP contribution is -2.46. The van der Waals surface area contributed by atoms with Gasteiger partial charge in [-0.1, -0.05) is 24.3 Å². The van der Waals surface area contributed by atoms with Crippen LogP contribution < -0.4 is 10.2 Å². The van der Waals surface area contributed by atoms with Crippen LogP contribution in [0.1, 0.15) is 24.6 Å². The van der Waals surface area contributed by atoms with Gasteiger partial charge >= 0.3 is 6.03 Å². The molecular formula is C20H20N4O3. The number of urea groups is 1. The molecule has 0 aliphatic carbocycles. The van der Waals surface area contributed by atoms with Gasteiger partial charge in [-0.2, -0.15) is 0 Å². The van der Waals surface area contributed by atoms with Crippen molar-refractivity contribution < 1.29 is 14.4 Å². The Kier molecular flexibility index (Phi) is 4.14. The van der Waals surface area contributed by atoms with E-state index in [0.29, 0.717) is 12.2 Å². The van der Waals surface area contributed by atoms with E-state index in [1.54, 1.807) is 36.2 Å². The van der Waals surface area contributed by atoms with Crippen molar-refractivity contribution in [3.05, 3.63) is 59.9 Å². The van der Waals surface area contributed by atoms with E-state index >= 15 is 0 Å². The maximum absolute atomic E-state index is 12.9. The van der Waals surface area contributed by atoms with Crippen LogP contribution in [0, 0.1) is 0 Å². The first-order valence-electron chi connectivity index (χ1n) is 8.94. The molecule has 2 aromatic rings. The second-order valence-corrected chi connectivity index (χ2v) is 6.94. The smallest absolute Gasteiger partial charge is 0.318 e. The number of hydrogen-bond donors (Lipinski definition) is 1. The van der Waals surface area contributed by atoms with Gasteiger partial charge in [-0.05, 0) is 43.5 Å². The van der Waals surface area contributed by atoms with Gasteiger partial charge in [-0.15, -0.1) is 0 Å². The highest BCUT2D eigenvalue weighted by Gasteiger charge is 2.50. The monoisotopic (exact) mass is 364 g/mol. The van der Waals surface area contributed by atoms with E-state index in [-0.39, 0.29) is 12.5 Å². The van der Waals surface area contributed by atoms with E-state index in [1.165, 1.54) is 0 Å². The van der Waals surface area contributed by atoms with Gasteiger partial charge in [-0.25, -0.2) is 4.79 Å². The molecule has 0 bridgehead atoms. The quantitative estimate of drug-likeness (QED) is 0.843. The number of fused-ring (bicyclic) bond motifs is 1. The zero-order chi connectivity index (χ0) is 19.0. The Hall–Kier alpha value is -3.22. The molecule has 2 aliphatic rings. The molecule has 27 heavy (non-hydrogen) atoms. The van der Waals surface area contributed by atoms with Gasteiger partial charge in [0.05, 0.1) is 5.69 Å². The molecule has 3 heterocycles. The van der Waals surface area contributed by atoms with Crippen molar-refractivity contribution in [3.63, 3.8) is 0 Å². The molecular weight excluding hydrogens is 344 g/mol. The number of hydrogen-bond acceptors (Lipinski definition) is 4. The first-order chi connectivity index (χ1) is 13.0. The third kappa shape index (κ3) is 2.85. The predicted molar refractivity (Wildman–Crippen MR) is 98.9 cm³/mol. The minimum atomic E-state index is -1.27. The van der Waals surface area contributed by atoms with Crippen LogP contribution in [-0.4, -0.2) is 40.8 Å². The number of benzene rings is 1. The summed E-state index contributed by atoms with van der Waals surface area (Å²) in [6.07, 6.45) is 3.34. The SMILES string of the molecule is CC1(c2ccccn2)NC(=O)N(CC(=O)N2CCCc3ccccc32)C1=O. The summed E-state index contributed by atoms with van der Waals surface area (Å²) in [6.45, 7) is 1.90. The lowest BCUT2D eigenvalue weighted by atomic mass is 9.97. The van der Waals surface area contributed by atoms with Crippen LogP contribution in [0.3, 0.4) is 0 Å². The number of carbonyl (C=O) groups excluding carboxylic acids is 3. The van der Waals surface area contributed by atoms with E-state index < -0.39 is 17.5 Å². The Morgan fingerprint density at radius 1 is 1.19 bits per heavy atom. The molecule has 0 radical (unpaired) electrons. The molecule has 1 unspecified atom stereocenters. The van der Waals surface area contributed by atoms with Crippen LogP contribution in [0.2, 0.25) is 0 Å². The van der Waals surface area contributed by atoms with Crippen LogP contribution in [0.4, 0.5) is 10.5 Å². The van der Waals surface area contributed by atoms with Gasteiger partial charge in [0.2, 0.25) is 5.91 Å². The largest absolute Gasteiger partial charge is 0.325 e. The lowest BCUT2D eigenvalue weighted by Gasteiger charge is -2.30. The number of rotatable bonds is 3. The van der Waals surface area contributed by atoms with Crippen molar-refractivity contribution >= 4 is 23.5 Å². The van der Waals surface area contributed by atoms with Crippen LogP contribution in [0.5, 0.6) is 0 Å². The van der Waals surface area contributed by atoms with Crippen LogP contribution in [0.25, 0.3) is 0 Å². The Bertz CT molecular complexity index is 914. The van der Waals surface area contributed by atoms with E-state index in [0.717, 1.165) is 29.0 Å². The lowest BCUT2D eigenvalue weighted by molar-refractivity contribution is -0.134. The fourth-order valence-corrected chi connectivity index (χ4v) is 3.69. The van der Waals surface area contributed by atoms with Gasteiger partial charge < -0.3 is 10.2 Å². The third-order valence-electron chi connectivity index (χ3n) is 5.16. The second-order valence-electron chi connectivity index (χ2n) is 6.94. The highest BCUT2D eigenvalue weighted by atomic mass is 16.2. The molecule has 7 nitrogen and oxygen atoms in total. The fourth-order valence-electron chi connectivity index (χ4n) is 3.69. The Morgan fingerprint density at radius 2 is 1.96 bits per heavy atom. The van der Waals surface area contributed by atoms with E-state index in [2.05, 4.69) is 10.3 Å². The third-order valence-corrected chi connectivity index (χ3v) is 5.16. The first kappa shape index (κ1) is 17.2. The molecule has 1 fully saturated rings. The maximum Gasteiger partial charge on any atom is 0.325 e. The van der Waals surface area contributed by atoms with Crippen LogP contribution in [-0.2, 0) is 21.5 Å². The summed E-state index contributed by atoms with van der Waals surface area (Å²) in [4.78, 5) is 45.1. The molecule has 1 atom stereocenters. The van der Waals surface area contributed by atoms with Crippen molar-refractivity contribution in [3.8, 4) is 0 Å². The Morgan fingerprint density at radius 3 is 2.74 bits per heavy atom. The number of carbonyl (C=O) groups is 3. The van der Waals surface area contributed by atoms with E-state index in [9.17, 15) is 14.4 Å². The molecule has 2 aliphatic heterocycles. The van der Waals surface area contributed by atoms with Gasteiger partial charge in [-0.3, -0.25) is 19.5 Å². The van der Waals surface area contributed by atoms with Crippen molar-refractivity contribution in [2.24, 2.45) is 0 Å². The molecule has 4 amide bonds. The van der Waals surface area contributed by atoms with E-state index in [1.807, 2.05) is 24.3 Å². The van der Waals surface area contributed by atoms with Gasteiger partial charge in [0.1, 0.15) is 6.54 Å². The molecule has 0 spiro atoms. The molecule has 1 aromatic carbocycles. The van der Waals surface area contributed by atoms with Gasteiger partial charge in [0.25, 0.3) is 5.91 Å². The summed E-state index contributed by atoms with van der Waals surface area (Å²) in [5.41, 5.74) is 1.14. The summed E-state index contributed by atoms with van der Waals surface area (Å²) < 4.78 is 0. The average molecular weight is 364 g/mol. The number of nitrogens with zero attached hydrogens (tertiary/aromatic N) is 3. The standard InChI is InChI=1S/C20H20N4O3/c1-20(16-10-4-5-11-21-16)18(26)24(19(27)22-20)13-17(25)23-12-6-8-14-7-2-3-9-15(14)23/h2-5,7,9-11H,6,8,12-13H2,1H3,(H,22,27). The topological polar surface area (TPSA) is 82.6 Å². The number of imide groups is 1. The highest BCUT2D eigenvalue weighted by molar-refractivity contribution is 6.10. The molecule has 138 valence electrons. The van der Waals surface area contributed by atoms with Crippen molar-refractivity contribution in [1.29, 1.82) is 0 Å². The Labute approximate surface area is 157 Å². The van der Waals surface area contributed by atoms with Crippen molar-refractivity contribution in [2.75, 3.05) is 18.0 Å². The second kappa shape index (κ2) is 6.50. The van der Waals surface area contributed by atoms with Crippen molar-refractivity contribution in [1.82, 2.24) is 15.2 Å². The number of nitrogens with one attached hydrogen (secondary N) is 1. The number of anilines is 1. The summed E-state index contributed by atoms with van der Waals surface area (Å²) >= 11 is 0. The molecule has 0 saturated carbocycles. The summed E-state index contributed by atoms with van der Waals surface area (Å²) in [7, 11) is 0. The highest BCUT2D eigenvalue weighted by Crippen LogP contribution is 2.29. The molecule has 1 N–H and O–H groups in total. The number of aromatic nitrogens is 1. The number of amides is 4. The summed E-state index contributed by atoms with van der Waals surface area (Å²) in [6, 6.07) is 12.3. The number of aryl methyl sites for hydroxylation is 1. The zero-order valence-electron chi connectivity index (χ0n) is 15.0. The summed E-state index contributed by atoms with van der Waals surface area (Å²) in [5, 5.41) is 2.68. The zero-order valence-corrected chi connectivity index (χ0v) is 15.0. The van der Waals surface area contributed by atoms with Crippen LogP contribution in [0.15, 0.2) is 48.7 Å². The minimum Gasteiger partial charge on any atom is -0.318 e. The van der Waals surface area contributed by atoms with Gasteiger partial charge in [0.15, 0.2) is 5.54 Å². The van der Waals surface area contributed by atoms with Crippen LogP contribution >= 0.6 is 0 Å². The molecule has 1 aromatic heterocycles. The first-order valence-corrected chi connectivity index (χ1v) is 8.94. The fraction of sp³-hybridized carbons (Fsp3) is 0.300. The summed E-state index contributed by atoms with van der Waals surface area (Å²) in [5.74, 6) is -0.735. The molecule has 7 heteroatoms. The molecule has 1 saturated heterocycles. The van der Waals surface area contributed by atoms with Crippen molar-refractivity contribution in [2.45, 2.75) is 25.3 Å². The minimum absolute atomic E-state index is 0.268. The Balaban J connectivity index is 1.56. The average Bonchev–Trinajstić information content (AvgIpc) is 2.92. The van der Waals surface area contributed by atoms with E-state index in [4.69, 9.17) is 0 Å². The maximum atomic E-state index is 12.9. The van der Waals surface area contributed by atoms with Gasteiger partial charge in [0, 0.05) is 18.4 Å². The molecule has 4 rings (SSSR count). The normalized spacial score (nSPS) is 21.8.